The van der Waals surface area contributed by atoms with Gasteiger partial charge in [-0.15, -0.1) is 11.3 Å². The van der Waals surface area contributed by atoms with E-state index in [0.29, 0.717) is 5.13 Å². The van der Waals surface area contributed by atoms with Crippen LogP contribution in [0.1, 0.15) is 31.3 Å². The SMILES string of the molecule is Cc1nc(NC(=O)n2ccnc2)sc1C(C)(C)C. The number of nitrogens with zero attached hydrogens (tertiary/aromatic N) is 3. The largest absolute Gasteiger partial charge is 0.333 e. The summed E-state index contributed by atoms with van der Waals surface area (Å²) in [5, 5.41) is 3.39. The van der Waals surface area contributed by atoms with E-state index in [1.807, 2.05) is 6.92 Å². The van der Waals surface area contributed by atoms with Crippen LogP contribution >= 0.6 is 11.3 Å². The Bertz CT molecular complexity index is 551. The van der Waals surface area contributed by atoms with E-state index >= 15 is 0 Å². The van der Waals surface area contributed by atoms with Gasteiger partial charge < -0.3 is 0 Å². The molecule has 2 rings (SSSR count). The maximum Gasteiger partial charge on any atom is 0.333 e. The molecule has 0 aliphatic rings. The molecular weight excluding hydrogens is 248 g/mol. The molecule has 0 unspecified atom stereocenters. The maximum atomic E-state index is 11.8. The Balaban J connectivity index is 2.19. The molecule has 18 heavy (non-hydrogen) atoms. The molecule has 6 heteroatoms. The number of aryl methyl sites for hydroxylation is 1. The van der Waals surface area contributed by atoms with Crippen LogP contribution in [-0.4, -0.2) is 20.6 Å². The number of carbonyl (C=O) groups excluding carboxylic acids is 1. The molecule has 0 aliphatic heterocycles. The summed E-state index contributed by atoms with van der Waals surface area (Å²) in [4.78, 5) is 21.2. The summed E-state index contributed by atoms with van der Waals surface area (Å²) in [5.41, 5.74) is 1.01. The van der Waals surface area contributed by atoms with E-state index in [1.165, 1.54) is 27.1 Å². The third-order valence-corrected chi connectivity index (χ3v) is 3.93. The Hall–Kier alpha value is -1.69. The van der Waals surface area contributed by atoms with Crippen LogP contribution in [0.2, 0.25) is 0 Å². The van der Waals surface area contributed by atoms with Crippen LogP contribution in [0, 0.1) is 6.92 Å². The minimum atomic E-state index is -0.248. The van der Waals surface area contributed by atoms with Gasteiger partial charge in [-0.25, -0.2) is 14.8 Å². The van der Waals surface area contributed by atoms with Crippen molar-refractivity contribution in [2.45, 2.75) is 33.1 Å². The van der Waals surface area contributed by atoms with E-state index in [1.54, 1.807) is 12.4 Å². The van der Waals surface area contributed by atoms with Gasteiger partial charge >= 0.3 is 6.03 Å². The number of imidazole rings is 1. The number of thiazole rings is 1. The number of amides is 1. The fourth-order valence-corrected chi connectivity index (χ4v) is 2.69. The van der Waals surface area contributed by atoms with Crippen LogP contribution in [0.3, 0.4) is 0 Å². The van der Waals surface area contributed by atoms with Gasteiger partial charge in [0.25, 0.3) is 0 Å². The number of carbonyl (C=O) groups is 1. The average Bonchev–Trinajstić information content (AvgIpc) is 2.85. The number of rotatable bonds is 1. The van der Waals surface area contributed by atoms with Gasteiger partial charge in [-0.1, -0.05) is 20.8 Å². The first-order chi connectivity index (χ1) is 8.38. The fourth-order valence-electron chi connectivity index (χ4n) is 1.68. The highest BCUT2D eigenvalue weighted by atomic mass is 32.1. The van der Waals surface area contributed by atoms with Crippen molar-refractivity contribution in [3.63, 3.8) is 0 Å². The van der Waals surface area contributed by atoms with Crippen molar-refractivity contribution < 1.29 is 4.79 Å². The Morgan fingerprint density at radius 3 is 2.67 bits per heavy atom. The van der Waals surface area contributed by atoms with Crippen molar-refractivity contribution in [2.24, 2.45) is 0 Å². The first-order valence-corrected chi connectivity index (χ1v) is 6.47. The van der Waals surface area contributed by atoms with Crippen LogP contribution in [0.4, 0.5) is 9.93 Å². The van der Waals surface area contributed by atoms with E-state index in [0.717, 1.165) is 5.69 Å². The highest BCUT2D eigenvalue weighted by Crippen LogP contribution is 2.33. The zero-order valence-electron chi connectivity index (χ0n) is 10.9. The molecule has 96 valence electrons. The molecule has 0 aromatic carbocycles. The lowest BCUT2D eigenvalue weighted by Crippen LogP contribution is -2.17. The van der Waals surface area contributed by atoms with E-state index in [9.17, 15) is 4.79 Å². The standard InChI is InChI=1S/C12H16N4OS/c1-8-9(12(2,3)4)18-10(14-8)15-11(17)16-6-5-13-7-16/h5-7H,1-4H3,(H,14,15,17). The minimum Gasteiger partial charge on any atom is -0.283 e. The second-order valence-corrected chi connectivity index (χ2v) is 6.08. The van der Waals surface area contributed by atoms with Crippen molar-refractivity contribution in [3.05, 3.63) is 29.3 Å². The van der Waals surface area contributed by atoms with Gasteiger partial charge in [0.05, 0.1) is 5.69 Å². The van der Waals surface area contributed by atoms with Gasteiger partial charge in [-0.3, -0.25) is 9.88 Å². The van der Waals surface area contributed by atoms with Gasteiger partial charge in [0, 0.05) is 17.3 Å². The van der Waals surface area contributed by atoms with E-state index in [2.05, 4.69) is 36.1 Å². The quantitative estimate of drug-likeness (QED) is 0.861. The van der Waals surface area contributed by atoms with Crippen molar-refractivity contribution in [1.82, 2.24) is 14.5 Å². The Morgan fingerprint density at radius 1 is 1.44 bits per heavy atom. The molecule has 2 aromatic rings. The van der Waals surface area contributed by atoms with Crippen molar-refractivity contribution >= 4 is 22.5 Å². The predicted molar refractivity (Wildman–Crippen MR) is 72.2 cm³/mol. The van der Waals surface area contributed by atoms with Gasteiger partial charge in [0.15, 0.2) is 5.13 Å². The second kappa shape index (κ2) is 4.53. The van der Waals surface area contributed by atoms with E-state index in [-0.39, 0.29) is 11.4 Å². The summed E-state index contributed by atoms with van der Waals surface area (Å²) < 4.78 is 1.38. The van der Waals surface area contributed by atoms with Crippen molar-refractivity contribution in [1.29, 1.82) is 0 Å². The molecule has 0 saturated heterocycles. The normalized spacial score (nSPS) is 11.6. The number of nitrogens with one attached hydrogen (secondary N) is 1. The zero-order valence-corrected chi connectivity index (χ0v) is 11.7. The lowest BCUT2D eigenvalue weighted by atomic mass is 9.94. The van der Waals surface area contributed by atoms with Crippen molar-refractivity contribution in [2.75, 3.05) is 5.32 Å². The number of anilines is 1. The minimum absolute atomic E-state index is 0.0414. The Kier molecular flexibility index (Phi) is 3.21. The molecule has 0 fully saturated rings. The highest BCUT2D eigenvalue weighted by molar-refractivity contribution is 7.16. The summed E-state index contributed by atoms with van der Waals surface area (Å²) in [6, 6.07) is -0.248. The summed E-state index contributed by atoms with van der Waals surface area (Å²) in [7, 11) is 0. The van der Waals surface area contributed by atoms with Gasteiger partial charge in [0.1, 0.15) is 6.33 Å². The molecule has 5 nitrogen and oxygen atoms in total. The molecule has 0 radical (unpaired) electrons. The predicted octanol–water partition coefficient (Wildman–Crippen LogP) is 3.03. The molecule has 1 N–H and O–H groups in total. The lowest BCUT2D eigenvalue weighted by molar-refractivity contribution is 0.253. The smallest absolute Gasteiger partial charge is 0.283 e. The number of hydrogen-bond acceptors (Lipinski definition) is 4. The maximum absolute atomic E-state index is 11.8. The molecule has 0 saturated carbocycles. The van der Waals surface area contributed by atoms with Crippen LogP contribution in [0.5, 0.6) is 0 Å². The van der Waals surface area contributed by atoms with Gasteiger partial charge in [-0.05, 0) is 12.3 Å². The Morgan fingerprint density at radius 2 is 2.17 bits per heavy atom. The highest BCUT2D eigenvalue weighted by Gasteiger charge is 2.21. The number of aromatic nitrogens is 3. The summed E-state index contributed by atoms with van der Waals surface area (Å²) in [6.45, 7) is 8.36. The molecule has 0 spiro atoms. The van der Waals surface area contributed by atoms with Crippen LogP contribution in [0.15, 0.2) is 18.7 Å². The van der Waals surface area contributed by atoms with Gasteiger partial charge in [0.2, 0.25) is 0 Å². The first-order valence-electron chi connectivity index (χ1n) is 5.65. The van der Waals surface area contributed by atoms with Gasteiger partial charge in [-0.2, -0.15) is 0 Å². The van der Waals surface area contributed by atoms with E-state index < -0.39 is 0 Å². The number of hydrogen-bond donors (Lipinski definition) is 1. The molecule has 2 heterocycles. The monoisotopic (exact) mass is 264 g/mol. The molecular formula is C12H16N4OS. The topological polar surface area (TPSA) is 59.8 Å². The molecule has 0 bridgehead atoms. The third-order valence-electron chi connectivity index (χ3n) is 2.43. The zero-order chi connectivity index (χ0) is 13.3. The van der Waals surface area contributed by atoms with Crippen LogP contribution < -0.4 is 5.32 Å². The van der Waals surface area contributed by atoms with E-state index in [4.69, 9.17) is 0 Å². The molecule has 0 atom stereocenters. The molecule has 0 aliphatic carbocycles. The fraction of sp³-hybridized carbons (Fsp3) is 0.417. The summed E-state index contributed by atoms with van der Waals surface area (Å²) >= 11 is 1.52. The molecule has 2 aromatic heterocycles. The Labute approximate surface area is 110 Å². The average molecular weight is 264 g/mol. The van der Waals surface area contributed by atoms with Crippen LogP contribution in [-0.2, 0) is 5.41 Å². The van der Waals surface area contributed by atoms with Crippen molar-refractivity contribution in [3.8, 4) is 0 Å². The van der Waals surface area contributed by atoms with Crippen LogP contribution in [0.25, 0.3) is 0 Å². The first kappa shape index (κ1) is 12.8. The summed E-state index contributed by atoms with van der Waals surface area (Å²) in [5.74, 6) is 0. The summed E-state index contributed by atoms with van der Waals surface area (Å²) in [6.07, 6.45) is 4.62. The molecule has 1 amide bonds. The second-order valence-electron chi connectivity index (χ2n) is 5.08. The lowest BCUT2D eigenvalue weighted by Gasteiger charge is -2.16. The third kappa shape index (κ3) is 2.59.